The number of hydrogen-bond donors (Lipinski definition) is 1. The van der Waals surface area contributed by atoms with Gasteiger partial charge in [0, 0.05) is 12.7 Å². The molecule has 4 heteroatoms. The predicted octanol–water partition coefficient (Wildman–Crippen LogP) is 2.12. The molecule has 3 nitrogen and oxygen atoms in total. The summed E-state index contributed by atoms with van der Waals surface area (Å²) in [5.41, 5.74) is 0. The highest BCUT2D eigenvalue weighted by atomic mass is 127. The van der Waals surface area contributed by atoms with Crippen LogP contribution in [0, 0.1) is 9.49 Å². The zero-order valence-electron chi connectivity index (χ0n) is 8.83. The summed E-state index contributed by atoms with van der Waals surface area (Å²) in [5, 5.41) is 7.68. The van der Waals surface area contributed by atoms with Gasteiger partial charge in [-0.25, -0.2) is 0 Å². The maximum Gasteiger partial charge on any atom is 0.0623 e. The predicted molar refractivity (Wildman–Crippen MR) is 67.3 cm³/mol. The first-order valence-corrected chi connectivity index (χ1v) is 6.19. The summed E-state index contributed by atoms with van der Waals surface area (Å²) in [7, 11) is 0. The van der Waals surface area contributed by atoms with Crippen LogP contribution in [0.25, 0.3) is 0 Å². The van der Waals surface area contributed by atoms with Gasteiger partial charge in [-0.1, -0.05) is 13.8 Å². The molecule has 0 saturated carbocycles. The normalized spacial score (nSPS) is 13.1. The van der Waals surface area contributed by atoms with Crippen LogP contribution in [0.2, 0.25) is 0 Å². The van der Waals surface area contributed by atoms with E-state index < -0.39 is 0 Å². The van der Waals surface area contributed by atoms with Crippen molar-refractivity contribution in [2.45, 2.75) is 26.8 Å². The van der Waals surface area contributed by atoms with Gasteiger partial charge in [-0.3, -0.25) is 4.68 Å². The van der Waals surface area contributed by atoms with Crippen molar-refractivity contribution in [3.05, 3.63) is 16.0 Å². The maximum atomic E-state index is 4.27. The van der Waals surface area contributed by atoms with Crippen LogP contribution in [0.4, 0.5) is 0 Å². The Morgan fingerprint density at radius 2 is 2.43 bits per heavy atom. The number of nitrogens with one attached hydrogen (secondary N) is 1. The van der Waals surface area contributed by atoms with Gasteiger partial charge in [0.05, 0.1) is 9.77 Å². The average Bonchev–Trinajstić information content (AvgIpc) is 2.52. The molecule has 0 aliphatic heterocycles. The largest absolute Gasteiger partial charge is 0.316 e. The van der Waals surface area contributed by atoms with Gasteiger partial charge in [-0.2, -0.15) is 5.10 Å². The Balaban J connectivity index is 2.23. The maximum absolute atomic E-state index is 4.27. The lowest BCUT2D eigenvalue weighted by molar-refractivity contribution is 0.422. The van der Waals surface area contributed by atoms with E-state index in [1.807, 2.05) is 10.9 Å². The third kappa shape index (κ3) is 4.41. The molecule has 1 unspecified atom stereocenters. The Labute approximate surface area is 99.4 Å². The molecule has 0 spiro atoms. The third-order valence-electron chi connectivity index (χ3n) is 2.02. The monoisotopic (exact) mass is 307 g/mol. The van der Waals surface area contributed by atoms with Gasteiger partial charge in [0.2, 0.25) is 0 Å². The lowest BCUT2D eigenvalue weighted by Crippen LogP contribution is -2.24. The number of aromatic nitrogens is 2. The molecule has 0 aliphatic carbocycles. The summed E-state index contributed by atoms with van der Waals surface area (Å²) in [5.74, 6) is 0.636. The van der Waals surface area contributed by atoms with Crippen molar-refractivity contribution in [1.29, 1.82) is 0 Å². The fraction of sp³-hybridized carbons (Fsp3) is 0.700. The minimum absolute atomic E-state index is 0.636. The van der Waals surface area contributed by atoms with E-state index in [2.05, 4.69) is 53.1 Å². The molecule has 1 rings (SSSR count). The topological polar surface area (TPSA) is 29.9 Å². The fourth-order valence-electron chi connectivity index (χ4n) is 1.35. The van der Waals surface area contributed by atoms with Crippen molar-refractivity contribution in [1.82, 2.24) is 15.1 Å². The molecular weight excluding hydrogens is 289 g/mol. The van der Waals surface area contributed by atoms with Crippen LogP contribution < -0.4 is 5.32 Å². The molecule has 1 atom stereocenters. The summed E-state index contributed by atoms with van der Waals surface area (Å²) in [4.78, 5) is 0. The average molecular weight is 307 g/mol. The van der Waals surface area contributed by atoms with Crippen LogP contribution >= 0.6 is 22.6 Å². The van der Waals surface area contributed by atoms with Crippen molar-refractivity contribution in [2.75, 3.05) is 13.1 Å². The first kappa shape index (κ1) is 12.0. The number of halogens is 1. The second-order valence-corrected chi connectivity index (χ2v) is 4.94. The van der Waals surface area contributed by atoms with E-state index in [4.69, 9.17) is 0 Å². The fourth-order valence-corrected chi connectivity index (χ4v) is 1.79. The van der Waals surface area contributed by atoms with Crippen molar-refractivity contribution in [3.8, 4) is 0 Å². The van der Waals surface area contributed by atoms with Gasteiger partial charge in [-0.05, 0) is 48.0 Å². The summed E-state index contributed by atoms with van der Waals surface area (Å²) in [6, 6.07) is 0. The van der Waals surface area contributed by atoms with Crippen LogP contribution in [0.3, 0.4) is 0 Å². The Morgan fingerprint density at radius 3 is 3.00 bits per heavy atom. The molecule has 80 valence electrons. The van der Waals surface area contributed by atoms with Gasteiger partial charge in [0.1, 0.15) is 0 Å². The summed E-state index contributed by atoms with van der Waals surface area (Å²) >= 11 is 2.28. The smallest absolute Gasteiger partial charge is 0.0623 e. The van der Waals surface area contributed by atoms with Gasteiger partial charge >= 0.3 is 0 Å². The van der Waals surface area contributed by atoms with E-state index in [9.17, 15) is 0 Å². The summed E-state index contributed by atoms with van der Waals surface area (Å²) < 4.78 is 3.22. The Hall–Kier alpha value is -0.100. The molecule has 1 N–H and O–H groups in total. The highest BCUT2D eigenvalue weighted by Gasteiger charge is 2.03. The van der Waals surface area contributed by atoms with Gasteiger partial charge in [-0.15, -0.1) is 0 Å². The second kappa shape index (κ2) is 6.40. The lowest BCUT2D eigenvalue weighted by Gasteiger charge is -2.11. The molecule has 1 heterocycles. The minimum Gasteiger partial charge on any atom is -0.316 e. The van der Waals surface area contributed by atoms with Crippen LogP contribution in [0.1, 0.15) is 20.3 Å². The number of hydrogen-bond acceptors (Lipinski definition) is 2. The van der Waals surface area contributed by atoms with Crippen LogP contribution in [0.5, 0.6) is 0 Å². The summed E-state index contributed by atoms with van der Waals surface area (Å²) in [6.45, 7) is 7.62. The quantitative estimate of drug-likeness (QED) is 0.644. The Kier molecular flexibility index (Phi) is 5.47. The van der Waals surface area contributed by atoms with Crippen molar-refractivity contribution in [3.63, 3.8) is 0 Å². The Bertz CT molecular complexity index is 260. The number of nitrogens with zero attached hydrogens (tertiary/aromatic N) is 2. The Morgan fingerprint density at radius 1 is 1.64 bits per heavy atom. The molecule has 1 aromatic heterocycles. The molecule has 0 aromatic carbocycles. The van der Waals surface area contributed by atoms with Gasteiger partial charge < -0.3 is 5.32 Å². The molecule has 0 saturated heterocycles. The first-order chi connectivity index (χ1) is 6.72. The summed E-state index contributed by atoms with van der Waals surface area (Å²) in [6.07, 6.45) is 5.18. The van der Waals surface area contributed by atoms with E-state index in [1.54, 1.807) is 0 Å². The van der Waals surface area contributed by atoms with E-state index >= 15 is 0 Å². The highest BCUT2D eigenvalue weighted by Crippen LogP contribution is 2.04. The van der Waals surface area contributed by atoms with Crippen molar-refractivity contribution >= 4 is 22.6 Å². The highest BCUT2D eigenvalue weighted by molar-refractivity contribution is 14.1. The molecule has 0 bridgehead atoms. The number of rotatable bonds is 6. The first-order valence-electron chi connectivity index (χ1n) is 5.11. The van der Waals surface area contributed by atoms with E-state index in [0.29, 0.717) is 5.92 Å². The molecule has 14 heavy (non-hydrogen) atoms. The lowest BCUT2D eigenvalue weighted by atomic mass is 10.2. The van der Waals surface area contributed by atoms with E-state index in [1.165, 1.54) is 9.99 Å². The van der Waals surface area contributed by atoms with Crippen LogP contribution in [-0.2, 0) is 6.54 Å². The van der Waals surface area contributed by atoms with Crippen molar-refractivity contribution < 1.29 is 0 Å². The second-order valence-electron chi connectivity index (χ2n) is 3.69. The van der Waals surface area contributed by atoms with E-state index in [-0.39, 0.29) is 0 Å². The van der Waals surface area contributed by atoms with Crippen LogP contribution in [0.15, 0.2) is 12.4 Å². The van der Waals surface area contributed by atoms with Gasteiger partial charge in [0.15, 0.2) is 0 Å². The standard InChI is InChI=1S/C10H18IN3/c1-3-4-12-5-9(2)7-14-8-10(11)6-13-14/h6,8-9,12H,3-5,7H2,1-2H3. The van der Waals surface area contributed by atoms with E-state index in [0.717, 1.165) is 19.6 Å². The molecule has 0 radical (unpaired) electrons. The van der Waals surface area contributed by atoms with Gasteiger partial charge in [0.25, 0.3) is 0 Å². The molecule has 1 aromatic rings. The zero-order chi connectivity index (χ0) is 10.4. The third-order valence-corrected chi connectivity index (χ3v) is 2.58. The SMILES string of the molecule is CCCNCC(C)Cn1cc(I)cn1. The molecule has 0 fully saturated rings. The zero-order valence-corrected chi connectivity index (χ0v) is 11.0. The minimum atomic E-state index is 0.636. The molecule has 0 aliphatic rings. The molecular formula is C10H18IN3. The van der Waals surface area contributed by atoms with Crippen LogP contribution in [-0.4, -0.2) is 22.9 Å². The molecule has 0 amide bonds. The van der Waals surface area contributed by atoms with Crippen molar-refractivity contribution in [2.24, 2.45) is 5.92 Å².